The zero-order valence-corrected chi connectivity index (χ0v) is 18.8. The molecule has 2 rings (SSSR count). The van der Waals surface area contributed by atoms with Crippen molar-refractivity contribution < 1.29 is 42.9 Å². The molecule has 2 fully saturated rings. The highest BCUT2D eigenvalue weighted by molar-refractivity contribution is 5.82. The van der Waals surface area contributed by atoms with Crippen LogP contribution in [0.15, 0.2) is 0 Å². The van der Waals surface area contributed by atoms with Crippen LogP contribution >= 0.6 is 0 Å². The largest absolute Gasteiger partial charge is 0.455 e. The molecule has 1 aliphatic heterocycles. The first-order valence-corrected chi connectivity index (χ1v) is 10.7. The van der Waals surface area contributed by atoms with E-state index >= 15 is 0 Å². The molecule has 0 aromatic heterocycles. The van der Waals surface area contributed by atoms with Crippen molar-refractivity contribution in [2.24, 2.45) is 0 Å². The quantitative estimate of drug-likeness (QED) is 0.458. The molecule has 0 unspecified atom stereocenters. The van der Waals surface area contributed by atoms with Crippen LogP contribution in [-0.4, -0.2) is 66.7 Å². The van der Waals surface area contributed by atoms with Gasteiger partial charge in [-0.1, -0.05) is 19.3 Å². The van der Waals surface area contributed by atoms with Crippen molar-refractivity contribution in [2.45, 2.75) is 110 Å². The van der Waals surface area contributed by atoms with Gasteiger partial charge in [0.2, 0.25) is 0 Å². The molecule has 0 bridgehead atoms. The van der Waals surface area contributed by atoms with Crippen LogP contribution in [0.25, 0.3) is 0 Å². The number of ether oxygens (including phenoxy) is 5. The van der Waals surface area contributed by atoms with Gasteiger partial charge in [-0.2, -0.15) is 0 Å². The zero-order chi connectivity index (χ0) is 23.1. The van der Waals surface area contributed by atoms with Crippen LogP contribution in [0.2, 0.25) is 0 Å². The average molecular weight is 443 g/mol. The Hall–Kier alpha value is -2.20. The van der Waals surface area contributed by atoms with Crippen molar-refractivity contribution in [1.29, 1.82) is 0 Å². The molecular weight excluding hydrogens is 410 g/mol. The van der Waals surface area contributed by atoms with Crippen molar-refractivity contribution in [3.63, 3.8) is 0 Å². The monoisotopic (exact) mass is 443 g/mol. The third-order valence-corrected chi connectivity index (χ3v) is 4.97. The Kier molecular flexibility index (Phi) is 9.24. The Morgan fingerprint density at radius 1 is 0.806 bits per heavy atom. The molecule has 10 heteroatoms. The van der Waals surface area contributed by atoms with Gasteiger partial charge in [-0.25, -0.2) is 0 Å². The summed E-state index contributed by atoms with van der Waals surface area (Å²) in [5.74, 6) is -2.62. The maximum absolute atomic E-state index is 12.9. The molecule has 0 radical (unpaired) electrons. The van der Waals surface area contributed by atoms with Gasteiger partial charge in [0.25, 0.3) is 5.91 Å². The van der Waals surface area contributed by atoms with Gasteiger partial charge in [-0.15, -0.1) is 0 Å². The summed E-state index contributed by atoms with van der Waals surface area (Å²) in [6.07, 6.45) is -1.82. The van der Waals surface area contributed by atoms with E-state index in [1.54, 1.807) is 13.8 Å². The summed E-state index contributed by atoms with van der Waals surface area (Å²) in [5.41, 5.74) is 0. The lowest BCUT2D eigenvalue weighted by molar-refractivity contribution is -0.309. The number of esters is 3. The molecule has 0 aromatic carbocycles. The van der Waals surface area contributed by atoms with Gasteiger partial charge in [0, 0.05) is 26.8 Å². The maximum atomic E-state index is 12.9. The third-order valence-electron chi connectivity index (χ3n) is 4.97. The lowest BCUT2D eigenvalue weighted by Gasteiger charge is -2.44. The van der Waals surface area contributed by atoms with Crippen LogP contribution in [0.3, 0.4) is 0 Å². The summed E-state index contributed by atoms with van der Waals surface area (Å²) in [4.78, 5) is 48.3. The van der Waals surface area contributed by atoms with Gasteiger partial charge in [-0.05, 0) is 26.7 Å². The first-order chi connectivity index (χ1) is 14.6. The first-order valence-electron chi connectivity index (χ1n) is 10.7. The van der Waals surface area contributed by atoms with E-state index < -0.39 is 54.5 Å². The lowest BCUT2D eigenvalue weighted by Crippen LogP contribution is -2.65. The second-order valence-corrected chi connectivity index (χ2v) is 8.21. The molecule has 31 heavy (non-hydrogen) atoms. The first kappa shape index (κ1) is 25.1. The number of nitrogens with one attached hydrogen (secondary N) is 1. The van der Waals surface area contributed by atoms with Gasteiger partial charge in [0.1, 0.15) is 0 Å². The van der Waals surface area contributed by atoms with E-state index in [1.165, 1.54) is 13.8 Å². The van der Waals surface area contributed by atoms with Crippen LogP contribution in [0.5, 0.6) is 0 Å². The SMILES string of the molecule is CC(=O)O[C@@H]1[C@@H](OC(C)=O)[C@@H](OC2CCCCC2)O[C@H](C(=O)NC(C)C)[C@H]1OC(C)=O. The average Bonchev–Trinajstić information content (AvgIpc) is 2.65. The molecule has 1 N–H and O–H groups in total. The minimum atomic E-state index is -1.32. The molecule has 1 heterocycles. The number of hydrogen-bond acceptors (Lipinski definition) is 9. The number of carbonyl (C=O) groups excluding carboxylic acids is 4. The summed E-state index contributed by atoms with van der Waals surface area (Å²) >= 11 is 0. The fraction of sp³-hybridized carbons (Fsp3) is 0.810. The fourth-order valence-corrected chi connectivity index (χ4v) is 3.85. The topological polar surface area (TPSA) is 126 Å². The van der Waals surface area contributed by atoms with Crippen LogP contribution in [0.1, 0.15) is 66.7 Å². The highest BCUT2D eigenvalue weighted by Gasteiger charge is 2.55. The van der Waals surface area contributed by atoms with Crippen LogP contribution in [0, 0.1) is 0 Å². The fourth-order valence-electron chi connectivity index (χ4n) is 3.85. The molecule has 10 nitrogen and oxygen atoms in total. The van der Waals surface area contributed by atoms with Gasteiger partial charge in [0.05, 0.1) is 6.10 Å². The molecule has 0 aromatic rings. The van der Waals surface area contributed by atoms with E-state index in [9.17, 15) is 19.2 Å². The molecule has 2 aliphatic rings. The Bertz CT molecular complexity index is 659. The highest BCUT2D eigenvalue weighted by atomic mass is 16.7. The van der Waals surface area contributed by atoms with Crippen LogP contribution in [0.4, 0.5) is 0 Å². The van der Waals surface area contributed by atoms with Gasteiger partial charge >= 0.3 is 17.9 Å². The summed E-state index contributed by atoms with van der Waals surface area (Å²) in [5, 5.41) is 2.71. The normalized spacial score (nSPS) is 29.2. The molecule has 1 amide bonds. The molecule has 176 valence electrons. The molecule has 0 spiro atoms. The Balaban J connectivity index is 2.41. The van der Waals surface area contributed by atoms with E-state index in [0.717, 1.165) is 39.0 Å². The molecule has 5 atom stereocenters. The van der Waals surface area contributed by atoms with Crippen molar-refractivity contribution in [3.8, 4) is 0 Å². The van der Waals surface area contributed by atoms with Crippen molar-refractivity contribution in [3.05, 3.63) is 0 Å². The standard InChI is InChI=1S/C21H33NO9/c1-11(2)22-20(26)18-16(27-12(3)23)17(28-13(4)24)19(29-14(5)25)21(31-18)30-15-9-7-6-8-10-15/h11,15-19,21H,6-10H2,1-5H3,(H,22,26)/t16-,17-,18-,19+,21-/m0/s1. The summed E-state index contributed by atoms with van der Waals surface area (Å²) in [6, 6.07) is -0.217. The third kappa shape index (κ3) is 7.46. The molecule has 1 saturated carbocycles. The smallest absolute Gasteiger partial charge is 0.303 e. The van der Waals surface area contributed by atoms with E-state index in [2.05, 4.69) is 5.32 Å². The van der Waals surface area contributed by atoms with Gasteiger partial charge < -0.3 is 29.0 Å². The minimum absolute atomic E-state index is 0.158. The maximum Gasteiger partial charge on any atom is 0.303 e. The Morgan fingerprint density at radius 2 is 1.32 bits per heavy atom. The van der Waals surface area contributed by atoms with Crippen LogP contribution < -0.4 is 5.32 Å². The van der Waals surface area contributed by atoms with Crippen molar-refractivity contribution >= 4 is 23.8 Å². The predicted molar refractivity (Wildman–Crippen MR) is 107 cm³/mol. The van der Waals surface area contributed by atoms with E-state index in [4.69, 9.17) is 23.7 Å². The number of hydrogen-bond donors (Lipinski definition) is 1. The molecule has 1 aliphatic carbocycles. The number of rotatable bonds is 7. The Labute approximate surface area is 182 Å². The Morgan fingerprint density at radius 3 is 1.84 bits per heavy atom. The van der Waals surface area contributed by atoms with E-state index in [-0.39, 0.29) is 12.1 Å². The highest BCUT2D eigenvalue weighted by Crippen LogP contribution is 2.32. The van der Waals surface area contributed by atoms with Crippen molar-refractivity contribution in [1.82, 2.24) is 5.32 Å². The predicted octanol–water partition coefficient (Wildman–Crippen LogP) is 1.38. The molecular formula is C21H33NO9. The van der Waals surface area contributed by atoms with E-state index in [0.29, 0.717) is 0 Å². The summed E-state index contributed by atoms with van der Waals surface area (Å²) in [7, 11) is 0. The number of amides is 1. The minimum Gasteiger partial charge on any atom is -0.455 e. The summed E-state index contributed by atoms with van der Waals surface area (Å²) in [6.45, 7) is 7.06. The summed E-state index contributed by atoms with van der Waals surface area (Å²) < 4.78 is 28.1. The second-order valence-electron chi connectivity index (χ2n) is 8.21. The van der Waals surface area contributed by atoms with Crippen molar-refractivity contribution in [2.75, 3.05) is 0 Å². The van der Waals surface area contributed by atoms with Gasteiger partial charge in [-0.3, -0.25) is 19.2 Å². The van der Waals surface area contributed by atoms with E-state index in [1.807, 2.05) is 0 Å². The molecule has 1 saturated heterocycles. The van der Waals surface area contributed by atoms with Crippen LogP contribution in [-0.2, 0) is 42.9 Å². The zero-order valence-electron chi connectivity index (χ0n) is 18.8. The second kappa shape index (κ2) is 11.4. The number of carbonyl (C=O) groups is 4. The lowest BCUT2D eigenvalue weighted by atomic mass is 9.95. The van der Waals surface area contributed by atoms with Gasteiger partial charge in [0.15, 0.2) is 30.7 Å².